The molecule has 88 valence electrons. The van der Waals surface area contributed by atoms with Crippen LogP contribution in [0.4, 0.5) is 0 Å². The second kappa shape index (κ2) is 4.84. The molecule has 0 aliphatic rings. The van der Waals surface area contributed by atoms with Crippen molar-refractivity contribution in [1.82, 2.24) is 0 Å². The van der Waals surface area contributed by atoms with Crippen LogP contribution < -0.4 is 0 Å². The van der Waals surface area contributed by atoms with Gasteiger partial charge in [-0.25, -0.2) is 0 Å². The molecule has 0 N–H and O–H groups in total. The van der Waals surface area contributed by atoms with Crippen LogP contribution in [-0.2, 0) is 0 Å². The summed E-state index contributed by atoms with van der Waals surface area (Å²) in [4.78, 5) is 13.9. The van der Waals surface area contributed by atoms with Crippen molar-refractivity contribution in [3.05, 3.63) is 46.8 Å². The molecule has 0 aliphatic heterocycles. The zero-order valence-corrected chi connectivity index (χ0v) is 11.2. The van der Waals surface area contributed by atoms with Gasteiger partial charge >= 0.3 is 0 Å². The molecular formula is C15H16OS. The molecule has 0 atom stereocenters. The summed E-state index contributed by atoms with van der Waals surface area (Å²) in [7, 11) is 0. The quantitative estimate of drug-likeness (QED) is 0.723. The van der Waals surface area contributed by atoms with Crippen molar-refractivity contribution in [2.24, 2.45) is 5.92 Å². The Bertz CT molecular complexity index is 537. The first kappa shape index (κ1) is 12.1. The molecule has 0 saturated heterocycles. The Morgan fingerprint density at radius 2 is 1.82 bits per heavy atom. The van der Waals surface area contributed by atoms with Gasteiger partial charge in [0.2, 0.25) is 0 Å². The Labute approximate surface area is 106 Å². The maximum absolute atomic E-state index is 11.9. The number of benzene rings is 1. The molecule has 0 spiro atoms. The maximum Gasteiger partial charge on any atom is 0.175 e. The molecule has 2 heteroatoms. The first-order chi connectivity index (χ1) is 8.09. The van der Waals surface area contributed by atoms with Crippen molar-refractivity contribution in [3.8, 4) is 10.4 Å². The molecule has 0 aliphatic carbocycles. The minimum Gasteiger partial charge on any atom is -0.293 e. The predicted octanol–water partition coefficient (Wildman–Crippen LogP) is 4.56. The number of carbonyl (C=O) groups is 1. The van der Waals surface area contributed by atoms with Gasteiger partial charge in [-0.05, 0) is 30.2 Å². The fraction of sp³-hybridized carbons (Fsp3) is 0.267. The van der Waals surface area contributed by atoms with Gasteiger partial charge in [0.05, 0.1) is 4.88 Å². The topological polar surface area (TPSA) is 17.1 Å². The number of hydrogen-bond donors (Lipinski definition) is 0. The summed E-state index contributed by atoms with van der Waals surface area (Å²) < 4.78 is 0. The Morgan fingerprint density at radius 3 is 2.47 bits per heavy atom. The first-order valence-electron chi connectivity index (χ1n) is 5.79. The second-order valence-electron chi connectivity index (χ2n) is 4.50. The monoisotopic (exact) mass is 244 g/mol. The van der Waals surface area contributed by atoms with E-state index in [1.165, 1.54) is 16.0 Å². The van der Waals surface area contributed by atoms with Gasteiger partial charge in [-0.1, -0.05) is 38.1 Å². The molecular weight excluding hydrogens is 228 g/mol. The van der Waals surface area contributed by atoms with E-state index in [-0.39, 0.29) is 11.7 Å². The van der Waals surface area contributed by atoms with Gasteiger partial charge in [-0.3, -0.25) is 4.79 Å². The molecule has 0 saturated carbocycles. The van der Waals surface area contributed by atoms with E-state index < -0.39 is 0 Å². The first-order valence-corrected chi connectivity index (χ1v) is 6.61. The minimum absolute atomic E-state index is 0.0679. The van der Waals surface area contributed by atoms with Crippen LogP contribution in [0, 0.1) is 12.8 Å². The summed E-state index contributed by atoms with van der Waals surface area (Å²) >= 11 is 1.59. The van der Waals surface area contributed by atoms with Crippen LogP contribution in [0.2, 0.25) is 0 Å². The van der Waals surface area contributed by atoms with Gasteiger partial charge in [0.1, 0.15) is 0 Å². The van der Waals surface area contributed by atoms with E-state index in [1.54, 1.807) is 11.3 Å². The number of aryl methyl sites for hydroxylation is 1. The number of Topliss-reactive ketones (excluding diaryl/α,β-unsaturated/α-hetero) is 1. The molecule has 0 unspecified atom stereocenters. The van der Waals surface area contributed by atoms with Gasteiger partial charge in [0.15, 0.2) is 5.78 Å². The van der Waals surface area contributed by atoms with Crippen LogP contribution in [0.3, 0.4) is 0 Å². The average Bonchev–Trinajstić information content (AvgIpc) is 2.77. The fourth-order valence-corrected chi connectivity index (χ4v) is 2.93. The summed E-state index contributed by atoms with van der Waals surface area (Å²) in [6, 6.07) is 12.2. The summed E-state index contributed by atoms with van der Waals surface area (Å²) in [5, 5.41) is 0. The van der Waals surface area contributed by atoms with E-state index in [2.05, 4.69) is 19.1 Å². The smallest absolute Gasteiger partial charge is 0.175 e. The molecule has 1 aromatic heterocycles. The highest BCUT2D eigenvalue weighted by molar-refractivity contribution is 7.17. The highest BCUT2D eigenvalue weighted by Gasteiger charge is 2.14. The van der Waals surface area contributed by atoms with Crippen LogP contribution in [0.5, 0.6) is 0 Å². The van der Waals surface area contributed by atoms with Crippen LogP contribution in [0.25, 0.3) is 10.4 Å². The summed E-state index contributed by atoms with van der Waals surface area (Å²) in [5.74, 6) is 0.299. The molecule has 1 nitrogen and oxygen atoms in total. The lowest BCUT2D eigenvalue weighted by atomic mass is 10.1. The van der Waals surface area contributed by atoms with E-state index in [0.717, 1.165) is 4.88 Å². The Balaban J connectivity index is 2.37. The van der Waals surface area contributed by atoms with Crippen LogP contribution in [0.1, 0.15) is 29.1 Å². The van der Waals surface area contributed by atoms with E-state index in [9.17, 15) is 4.79 Å². The third kappa shape index (κ3) is 2.47. The molecule has 1 aromatic carbocycles. The average molecular weight is 244 g/mol. The second-order valence-corrected chi connectivity index (χ2v) is 5.58. The summed E-state index contributed by atoms with van der Waals surface area (Å²) in [6.45, 7) is 5.98. The van der Waals surface area contributed by atoms with E-state index in [0.29, 0.717) is 0 Å². The van der Waals surface area contributed by atoms with Gasteiger partial charge in [0, 0.05) is 10.8 Å². The number of hydrogen-bond acceptors (Lipinski definition) is 2. The maximum atomic E-state index is 11.9. The van der Waals surface area contributed by atoms with Crippen molar-refractivity contribution >= 4 is 17.1 Å². The Morgan fingerprint density at radius 1 is 1.12 bits per heavy atom. The Kier molecular flexibility index (Phi) is 3.43. The van der Waals surface area contributed by atoms with Gasteiger partial charge in [-0.2, -0.15) is 0 Å². The van der Waals surface area contributed by atoms with Crippen molar-refractivity contribution in [1.29, 1.82) is 0 Å². The molecule has 1 heterocycles. The van der Waals surface area contributed by atoms with E-state index >= 15 is 0 Å². The highest BCUT2D eigenvalue weighted by Crippen LogP contribution is 2.31. The molecule has 17 heavy (non-hydrogen) atoms. The number of thiophene rings is 1. The minimum atomic E-state index is 0.0679. The molecule has 0 fully saturated rings. The number of rotatable bonds is 3. The molecule has 2 aromatic rings. The van der Waals surface area contributed by atoms with Crippen LogP contribution in [0.15, 0.2) is 36.4 Å². The van der Waals surface area contributed by atoms with Crippen LogP contribution in [-0.4, -0.2) is 5.78 Å². The predicted molar refractivity (Wildman–Crippen MR) is 73.7 cm³/mol. The lowest BCUT2D eigenvalue weighted by Gasteiger charge is -2.02. The van der Waals surface area contributed by atoms with Gasteiger partial charge in [0.25, 0.3) is 0 Å². The molecule has 0 amide bonds. The van der Waals surface area contributed by atoms with Crippen molar-refractivity contribution in [2.45, 2.75) is 20.8 Å². The lowest BCUT2D eigenvalue weighted by molar-refractivity contribution is 0.0943. The standard InChI is InChI=1S/C15H16OS/c1-10(2)15(16)14-9-8-13(17-14)12-7-5-4-6-11(12)3/h4-10H,1-3H3. The molecule has 0 radical (unpaired) electrons. The summed E-state index contributed by atoms with van der Waals surface area (Å²) in [6.07, 6.45) is 0. The number of carbonyl (C=O) groups excluding carboxylic acids is 1. The largest absolute Gasteiger partial charge is 0.293 e. The van der Waals surface area contributed by atoms with Gasteiger partial charge in [-0.15, -0.1) is 11.3 Å². The van der Waals surface area contributed by atoms with Crippen molar-refractivity contribution < 1.29 is 4.79 Å². The third-order valence-electron chi connectivity index (χ3n) is 2.78. The SMILES string of the molecule is Cc1ccccc1-c1ccc(C(=O)C(C)C)s1. The van der Waals surface area contributed by atoms with E-state index in [1.807, 2.05) is 38.1 Å². The molecule has 0 bridgehead atoms. The fourth-order valence-electron chi connectivity index (χ4n) is 1.75. The number of ketones is 1. The van der Waals surface area contributed by atoms with Gasteiger partial charge < -0.3 is 0 Å². The zero-order chi connectivity index (χ0) is 12.4. The van der Waals surface area contributed by atoms with E-state index in [4.69, 9.17) is 0 Å². The van der Waals surface area contributed by atoms with Crippen LogP contribution >= 0.6 is 11.3 Å². The molecule has 2 rings (SSSR count). The normalized spacial score (nSPS) is 10.8. The zero-order valence-electron chi connectivity index (χ0n) is 10.4. The van der Waals surface area contributed by atoms with Crippen molar-refractivity contribution in [2.75, 3.05) is 0 Å². The lowest BCUT2D eigenvalue weighted by Crippen LogP contribution is -2.04. The summed E-state index contributed by atoms with van der Waals surface area (Å²) in [5.41, 5.74) is 2.47. The Hall–Kier alpha value is -1.41. The van der Waals surface area contributed by atoms with Crippen molar-refractivity contribution in [3.63, 3.8) is 0 Å². The third-order valence-corrected chi connectivity index (χ3v) is 3.92. The highest BCUT2D eigenvalue weighted by atomic mass is 32.1.